The molecule has 0 bridgehead atoms. The number of likely N-dealkylation sites (tertiary alicyclic amines) is 1. The average Bonchev–Trinajstić information content (AvgIpc) is 3.52. The number of nitrogens with zero attached hydrogens (tertiary/aromatic N) is 6. The first-order valence-corrected chi connectivity index (χ1v) is 16.3. The lowest BCUT2D eigenvalue weighted by atomic mass is 10.0. The number of piperidine rings is 1. The SMILES string of the molecule is CC.N#Cc1ccccc1C(=O)NC1CCN(Cc2ccc(-n3c(-c4cccnc4N)nc4ccc(-c5ccccc5)nc43)cc2)CC1. The number of nitrogens with two attached hydrogens (primary N) is 1. The van der Waals surface area contributed by atoms with Crippen molar-refractivity contribution in [3.8, 4) is 34.4 Å². The van der Waals surface area contributed by atoms with E-state index in [1.807, 2.05) is 68.4 Å². The third kappa shape index (κ3) is 6.80. The minimum absolute atomic E-state index is 0.0824. The Labute approximate surface area is 280 Å². The Morgan fingerprint density at radius 1 is 0.896 bits per heavy atom. The standard InChI is InChI=1S/C37H32N8O.C2H6/c38-23-27-9-4-5-10-30(27)37(46)41-28-18-21-44(22-19-28)24-25-12-14-29(15-13-25)45-35(31-11-6-20-40-34(31)39)43-33-17-16-32(42-36(33)45)26-7-2-1-3-8-26;1-2/h1-17,20,28H,18-19,21-22,24H2,(H2,39,40)(H,41,46);1-2H3. The molecule has 0 saturated carbocycles. The molecule has 3 aromatic carbocycles. The molecule has 0 unspecified atom stereocenters. The van der Waals surface area contributed by atoms with Crippen molar-refractivity contribution in [1.29, 1.82) is 5.26 Å². The highest BCUT2D eigenvalue weighted by Gasteiger charge is 2.23. The van der Waals surface area contributed by atoms with Crippen LogP contribution < -0.4 is 11.1 Å². The number of benzene rings is 3. The second-order valence-electron chi connectivity index (χ2n) is 11.5. The summed E-state index contributed by atoms with van der Waals surface area (Å²) in [5.74, 6) is 0.913. The molecule has 3 N–H and O–H groups in total. The monoisotopic (exact) mass is 634 g/mol. The van der Waals surface area contributed by atoms with E-state index in [1.54, 1.807) is 30.5 Å². The van der Waals surface area contributed by atoms with Crippen LogP contribution in [0, 0.1) is 11.3 Å². The molecule has 240 valence electrons. The van der Waals surface area contributed by atoms with Crippen molar-refractivity contribution in [2.75, 3.05) is 18.8 Å². The molecule has 1 saturated heterocycles. The Morgan fingerprint density at radius 2 is 1.62 bits per heavy atom. The van der Waals surface area contributed by atoms with Crippen molar-refractivity contribution in [3.05, 3.63) is 126 Å². The van der Waals surface area contributed by atoms with Crippen LogP contribution >= 0.6 is 0 Å². The maximum absolute atomic E-state index is 12.8. The van der Waals surface area contributed by atoms with E-state index in [2.05, 4.69) is 50.1 Å². The van der Waals surface area contributed by atoms with Gasteiger partial charge in [0.05, 0.1) is 28.5 Å². The van der Waals surface area contributed by atoms with E-state index in [1.165, 1.54) is 5.56 Å². The smallest absolute Gasteiger partial charge is 0.252 e. The van der Waals surface area contributed by atoms with Crippen molar-refractivity contribution < 1.29 is 4.79 Å². The van der Waals surface area contributed by atoms with Gasteiger partial charge < -0.3 is 11.1 Å². The van der Waals surface area contributed by atoms with Crippen LogP contribution in [0.5, 0.6) is 0 Å². The number of anilines is 1. The Morgan fingerprint density at radius 3 is 2.35 bits per heavy atom. The first kappa shape index (κ1) is 32.1. The maximum atomic E-state index is 12.8. The summed E-state index contributed by atoms with van der Waals surface area (Å²) < 4.78 is 2.05. The van der Waals surface area contributed by atoms with E-state index in [-0.39, 0.29) is 11.9 Å². The van der Waals surface area contributed by atoms with Crippen molar-refractivity contribution in [1.82, 2.24) is 29.7 Å². The molecule has 7 rings (SSSR count). The van der Waals surface area contributed by atoms with Crippen LogP contribution in [-0.2, 0) is 6.54 Å². The van der Waals surface area contributed by atoms with Crippen molar-refractivity contribution in [2.24, 2.45) is 0 Å². The first-order valence-electron chi connectivity index (χ1n) is 16.3. The summed E-state index contributed by atoms with van der Waals surface area (Å²) in [5.41, 5.74) is 13.4. The zero-order valence-electron chi connectivity index (χ0n) is 27.2. The van der Waals surface area contributed by atoms with E-state index in [0.717, 1.165) is 66.1 Å². The van der Waals surface area contributed by atoms with Crippen LogP contribution in [-0.4, -0.2) is 49.5 Å². The number of amides is 1. The van der Waals surface area contributed by atoms with Crippen LogP contribution in [0.4, 0.5) is 5.82 Å². The molecule has 1 fully saturated rings. The number of fused-ring (bicyclic) bond motifs is 1. The summed E-state index contributed by atoms with van der Waals surface area (Å²) in [4.78, 5) is 29.5. The molecule has 0 radical (unpaired) electrons. The third-order valence-electron chi connectivity index (χ3n) is 8.47. The summed E-state index contributed by atoms with van der Waals surface area (Å²) in [7, 11) is 0. The zero-order chi connectivity index (χ0) is 33.5. The predicted octanol–water partition coefficient (Wildman–Crippen LogP) is 7.02. The molecule has 0 spiro atoms. The normalized spacial score (nSPS) is 13.4. The molecule has 3 aromatic heterocycles. The van der Waals surface area contributed by atoms with Crippen LogP contribution in [0.1, 0.15) is 48.2 Å². The van der Waals surface area contributed by atoms with Gasteiger partial charge in [-0.3, -0.25) is 14.3 Å². The number of rotatable bonds is 7. The number of hydrogen-bond acceptors (Lipinski definition) is 7. The highest BCUT2D eigenvalue weighted by atomic mass is 16.1. The summed E-state index contributed by atoms with van der Waals surface area (Å²) in [6, 6.07) is 35.5. The van der Waals surface area contributed by atoms with E-state index >= 15 is 0 Å². The van der Waals surface area contributed by atoms with Crippen molar-refractivity contribution in [3.63, 3.8) is 0 Å². The molecule has 6 aromatic rings. The lowest BCUT2D eigenvalue weighted by Gasteiger charge is -2.32. The molecule has 1 aliphatic heterocycles. The highest BCUT2D eigenvalue weighted by Crippen LogP contribution is 2.32. The van der Waals surface area contributed by atoms with Gasteiger partial charge in [0, 0.05) is 43.1 Å². The van der Waals surface area contributed by atoms with Crippen LogP contribution in [0.2, 0.25) is 0 Å². The second-order valence-corrected chi connectivity index (χ2v) is 11.5. The lowest BCUT2D eigenvalue weighted by Crippen LogP contribution is -2.44. The Balaban J connectivity index is 0.00000197. The van der Waals surface area contributed by atoms with E-state index in [4.69, 9.17) is 15.7 Å². The van der Waals surface area contributed by atoms with Gasteiger partial charge in [-0.05, 0) is 66.9 Å². The molecule has 0 atom stereocenters. The molecule has 1 aliphatic rings. The van der Waals surface area contributed by atoms with E-state index < -0.39 is 0 Å². The number of nitriles is 1. The van der Waals surface area contributed by atoms with Crippen molar-refractivity contribution >= 4 is 22.9 Å². The molecule has 1 amide bonds. The highest BCUT2D eigenvalue weighted by molar-refractivity contribution is 5.96. The lowest BCUT2D eigenvalue weighted by molar-refractivity contribution is 0.0908. The van der Waals surface area contributed by atoms with Gasteiger partial charge in [-0.15, -0.1) is 0 Å². The van der Waals surface area contributed by atoms with Crippen molar-refractivity contribution in [2.45, 2.75) is 39.3 Å². The van der Waals surface area contributed by atoms with E-state index in [0.29, 0.717) is 22.8 Å². The topological polar surface area (TPSA) is 126 Å². The molecule has 9 heteroatoms. The van der Waals surface area contributed by atoms with E-state index in [9.17, 15) is 10.1 Å². The number of aromatic nitrogens is 4. The number of nitrogen functional groups attached to an aromatic ring is 1. The molecule has 0 aliphatic carbocycles. The summed E-state index contributed by atoms with van der Waals surface area (Å²) >= 11 is 0. The van der Waals surface area contributed by atoms with Gasteiger partial charge in [0.1, 0.15) is 11.3 Å². The average molecular weight is 635 g/mol. The molecule has 4 heterocycles. The Bertz CT molecular complexity index is 2060. The zero-order valence-corrected chi connectivity index (χ0v) is 27.2. The fourth-order valence-corrected chi connectivity index (χ4v) is 6.04. The van der Waals surface area contributed by atoms with Gasteiger partial charge in [0.25, 0.3) is 5.91 Å². The molecule has 9 nitrogen and oxygen atoms in total. The molecular weight excluding hydrogens is 596 g/mol. The number of carbonyl (C=O) groups excluding carboxylic acids is 1. The Hall–Kier alpha value is -5.85. The van der Waals surface area contributed by atoms with Gasteiger partial charge in [-0.2, -0.15) is 5.26 Å². The van der Waals surface area contributed by atoms with Gasteiger partial charge in [0.2, 0.25) is 0 Å². The van der Waals surface area contributed by atoms with Gasteiger partial charge in [-0.1, -0.05) is 68.4 Å². The fraction of sp³-hybridized carbons (Fsp3) is 0.205. The maximum Gasteiger partial charge on any atom is 0.252 e. The van der Waals surface area contributed by atoms with Gasteiger partial charge >= 0.3 is 0 Å². The fourth-order valence-electron chi connectivity index (χ4n) is 6.04. The van der Waals surface area contributed by atoms with Crippen LogP contribution in [0.25, 0.3) is 39.5 Å². The summed E-state index contributed by atoms with van der Waals surface area (Å²) in [6.07, 6.45) is 3.38. The number of hydrogen-bond donors (Lipinski definition) is 2. The van der Waals surface area contributed by atoms with Gasteiger partial charge in [-0.25, -0.2) is 15.0 Å². The minimum atomic E-state index is -0.184. The summed E-state index contributed by atoms with van der Waals surface area (Å²) in [5, 5.41) is 12.5. The number of carbonyl (C=O) groups is 1. The predicted molar refractivity (Wildman–Crippen MR) is 190 cm³/mol. The third-order valence-corrected chi connectivity index (χ3v) is 8.47. The Kier molecular flexibility index (Phi) is 9.84. The number of pyridine rings is 2. The van der Waals surface area contributed by atoms with Gasteiger partial charge in [0.15, 0.2) is 11.5 Å². The van der Waals surface area contributed by atoms with Crippen LogP contribution in [0.3, 0.4) is 0 Å². The summed E-state index contributed by atoms with van der Waals surface area (Å²) in [6.45, 7) is 6.55. The second kappa shape index (κ2) is 14.7. The first-order chi connectivity index (χ1) is 23.6. The molecular formula is C39H38N8O. The number of imidazole rings is 1. The quantitative estimate of drug-likeness (QED) is 0.193. The minimum Gasteiger partial charge on any atom is -0.383 e. The number of nitrogens with one attached hydrogen (secondary N) is 1. The molecule has 48 heavy (non-hydrogen) atoms. The van der Waals surface area contributed by atoms with Crippen LogP contribution in [0.15, 0.2) is 109 Å². The largest absolute Gasteiger partial charge is 0.383 e.